The molecule has 0 saturated heterocycles. The summed E-state index contributed by atoms with van der Waals surface area (Å²) < 4.78 is 4.84. The van der Waals surface area contributed by atoms with Crippen molar-refractivity contribution in [2.45, 2.75) is 25.3 Å². The molecule has 0 spiro atoms. The zero-order chi connectivity index (χ0) is 11.7. The minimum absolute atomic E-state index is 0.135. The molecule has 6 heteroatoms. The molecule has 0 fully saturated rings. The van der Waals surface area contributed by atoms with Gasteiger partial charge in [-0.1, -0.05) is 0 Å². The second-order valence-electron chi connectivity index (χ2n) is 3.25. The molecule has 0 aromatic rings. The largest absolute Gasteiger partial charge is 0.385 e. The van der Waals surface area contributed by atoms with E-state index in [4.69, 9.17) is 16.2 Å². The Labute approximate surface area is 89.3 Å². The molecule has 5 N–H and O–H groups in total. The minimum Gasteiger partial charge on any atom is -0.385 e. The van der Waals surface area contributed by atoms with Crippen molar-refractivity contribution in [1.29, 1.82) is 0 Å². The summed E-state index contributed by atoms with van der Waals surface area (Å²) in [5, 5.41) is 2.54. The van der Waals surface area contributed by atoms with Crippen LogP contribution in [0.3, 0.4) is 0 Å². The summed E-state index contributed by atoms with van der Waals surface area (Å²) in [6.07, 6.45) is 1.44. The molecule has 0 bridgehead atoms. The predicted octanol–water partition coefficient (Wildman–Crippen LogP) is -1.27. The van der Waals surface area contributed by atoms with E-state index in [2.05, 4.69) is 5.32 Å². The smallest absolute Gasteiger partial charge is 0.236 e. The van der Waals surface area contributed by atoms with Gasteiger partial charge in [0.1, 0.15) is 0 Å². The van der Waals surface area contributed by atoms with Gasteiger partial charge in [0.15, 0.2) is 0 Å². The van der Waals surface area contributed by atoms with Crippen molar-refractivity contribution in [3.05, 3.63) is 0 Å². The maximum absolute atomic E-state index is 11.3. The van der Waals surface area contributed by atoms with E-state index in [0.29, 0.717) is 13.0 Å². The Balaban J connectivity index is 3.55. The first kappa shape index (κ1) is 13.9. The Bertz CT molecular complexity index is 209. The molecule has 0 aliphatic rings. The molecule has 0 aliphatic carbocycles. The van der Waals surface area contributed by atoms with Gasteiger partial charge < -0.3 is 21.5 Å². The summed E-state index contributed by atoms with van der Waals surface area (Å²) in [4.78, 5) is 21.7. The van der Waals surface area contributed by atoms with Crippen molar-refractivity contribution in [3.63, 3.8) is 0 Å². The average Bonchev–Trinajstić information content (AvgIpc) is 2.17. The van der Waals surface area contributed by atoms with Gasteiger partial charge in [0.25, 0.3) is 0 Å². The fraction of sp³-hybridized carbons (Fsp3) is 0.778. The number of carbonyl (C=O) groups is 2. The number of nitrogens with one attached hydrogen (secondary N) is 1. The third-order valence-corrected chi connectivity index (χ3v) is 1.87. The predicted molar refractivity (Wildman–Crippen MR) is 55.9 cm³/mol. The van der Waals surface area contributed by atoms with Gasteiger partial charge in [0.05, 0.1) is 6.04 Å². The van der Waals surface area contributed by atoms with Gasteiger partial charge in [-0.05, 0) is 12.8 Å². The van der Waals surface area contributed by atoms with E-state index >= 15 is 0 Å². The molecule has 0 aromatic carbocycles. The maximum atomic E-state index is 11.3. The minimum atomic E-state index is -0.548. The number of carbonyl (C=O) groups excluding carboxylic acids is 2. The van der Waals surface area contributed by atoms with E-state index in [1.54, 1.807) is 7.11 Å². The number of hydrogen-bond acceptors (Lipinski definition) is 4. The highest BCUT2D eigenvalue weighted by atomic mass is 16.5. The first-order valence-corrected chi connectivity index (χ1v) is 4.88. The first-order valence-electron chi connectivity index (χ1n) is 4.88. The first-order chi connectivity index (χ1) is 7.07. The summed E-state index contributed by atoms with van der Waals surface area (Å²) in [6, 6.07) is -0.548. The number of amides is 2. The van der Waals surface area contributed by atoms with Crippen molar-refractivity contribution in [2.24, 2.45) is 11.5 Å². The molecule has 1 atom stereocenters. The Morgan fingerprint density at radius 3 is 2.67 bits per heavy atom. The third-order valence-electron chi connectivity index (χ3n) is 1.87. The molecule has 1 unspecified atom stereocenters. The highest BCUT2D eigenvalue weighted by Crippen LogP contribution is 1.94. The van der Waals surface area contributed by atoms with E-state index in [-0.39, 0.29) is 18.9 Å². The number of ether oxygens (including phenoxy) is 1. The quantitative estimate of drug-likeness (QED) is 0.441. The van der Waals surface area contributed by atoms with E-state index in [1.165, 1.54) is 0 Å². The molecule has 2 amide bonds. The van der Waals surface area contributed by atoms with E-state index in [1.807, 2.05) is 0 Å². The Hall–Kier alpha value is -1.14. The molecular formula is C9H19N3O3. The lowest BCUT2D eigenvalue weighted by Gasteiger charge is -2.11. The SMILES string of the molecule is COCCCC(N)C(=O)NCCC(N)=O. The number of rotatable bonds is 8. The van der Waals surface area contributed by atoms with E-state index in [9.17, 15) is 9.59 Å². The van der Waals surface area contributed by atoms with E-state index in [0.717, 1.165) is 6.42 Å². The van der Waals surface area contributed by atoms with Crippen LogP contribution in [0.15, 0.2) is 0 Å². The fourth-order valence-electron chi connectivity index (χ4n) is 1.02. The molecule has 0 aromatic heterocycles. The standard InChI is InChI=1S/C9H19N3O3/c1-15-6-2-3-7(10)9(14)12-5-4-8(11)13/h7H,2-6,10H2,1H3,(H2,11,13)(H,12,14). The lowest BCUT2D eigenvalue weighted by atomic mass is 10.1. The van der Waals surface area contributed by atoms with Gasteiger partial charge in [-0.2, -0.15) is 0 Å². The average molecular weight is 217 g/mol. The Morgan fingerprint density at radius 1 is 1.47 bits per heavy atom. The highest BCUT2D eigenvalue weighted by molar-refractivity contribution is 5.82. The summed E-state index contributed by atoms with van der Waals surface area (Å²) >= 11 is 0. The lowest BCUT2D eigenvalue weighted by molar-refractivity contribution is -0.122. The van der Waals surface area contributed by atoms with Crippen molar-refractivity contribution in [1.82, 2.24) is 5.32 Å². The van der Waals surface area contributed by atoms with Crippen LogP contribution in [0.25, 0.3) is 0 Å². The second-order valence-corrected chi connectivity index (χ2v) is 3.25. The molecule has 0 saturated carbocycles. The molecular weight excluding hydrogens is 198 g/mol. The van der Waals surface area contributed by atoms with Crippen LogP contribution in [0.2, 0.25) is 0 Å². The summed E-state index contributed by atoms with van der Waals surface area (Å²) in [5.74, 6) is -0.699. The fourth-order valence-corrected chi connectivity index (χ4v) is 1.02. The number of nitrogens with two attached hydrogens (primary N) is 2. The van der Waals surface area contributed by atoms with E-state index < -0.39 is 11.9 Å². The van der Waals surface area contributed by atoms with Crippen molar-refractivity contribution in [2.75, 3.05) is 20.3 Å². The van der Waals surface area contributed by atoms with Crippen molar-refractivity contribution >= 4 is 11.8 Å². The zero-order valence-corrected chi connectivity index (χ0v) is 8.99. The van der Waals surface area contributed by atoms with Crippen LogP contribution in [0.4, 0.5) is 0 Å². The molecule has 6 nitrogen and oxygen atoms in total. The molecule has 0 aliphatic heterocycles. The second kappa shape index (κ2) is 8.19. The number of methoxy groups -OCH3 is 1. The monoisotopic (exact) mass is 217 g/mol. The van der Waals surface area contributed by atoms with Gasteiger partial charge in [-0.3, -0.25) is 9.59 Å². The van der Waals surface area contributed by atoms with Crippen LogP contribution in [0.1, 0.15) is 19.3 Å². The molecule has 88 valence electrons. The highest BCUT2D eigenvalue weighted by Gasteiger charge is 2.12. The van der Waals surface area contributed by atoms with Gasteiger partial charge in [-0.25, -0.2) is 0 Å². The number of primary amides is 1. The zero-order valence-electron chi connectivity index (χ0n) is 8.99. The van der Waals surface area contributed by atoms with Crippen molar-refractivity contribution < 1.29 is 14.3 Å². The summed E-state index contributed by atoms with van der Waals surface area (Å²) in [6.45, 7) is 0.828. The van der Waals surface area contributed by atoms with Gasteiger partial charge in [0, 0.05) is 26.7 Å². The molecule has 0 heterocycles. The van der Waals surface area contributed by atoms with Crippen LogP contribution in [-0.4, -0.2) is 38.1 Å². The Kier molecular flexibility index (Phi) is 7.57. The lowest BCUT2D eigenvalue weighted by Crippen LogP contribution is -2.41. The molecule has 15 heavy (non-hydrogen) atoms. The number of hydrogen-bond donors (Lipinski definition) is 3. The summed E-state index contributed by atoms with van der Waals surface area (Å²) in [5.41, 5.74) is 10.5. The molecule has 0 rings (SSSR count). The van der Waals surface area contributed by atoms with Crippen LogP contribution >= 0.6 is 0 Å². The normalized spacial score (nSPS) is 12.1. The topological polar surface area (TPSA) is 107 Å². The summed E-state index contributed by atoms with van der Waals surface area (Å²) in [7, 11) is 1.60. The van der Waals surface area contributed by atoms with Crippen LogP contribution in [-0.2, 0) is 14.3 Å². The van der Waals surface area contributed by atoms with Gasteiger partial charge >= 0.3 is 0 Å². The maximum Gasteiger partial charge on any atom is 0.236 e. The van der Waals surface area contributed by atoms with Crippen LogP contribution < -0.4 is 16.8 Å². The van der Waals surface area contributed by atoms with Crippen LogP contribution in [0.5, 0.6) is 0 Å². The molecule has 0 radical (unpaired) electrons. The van der Waals surface area contributed by atoms with Gasteiger partial charge in [-0.15, -0.1) is 0 Å². The van der Waals surface area contributed by atoms with Crippen LogP contribution in [0, 0.1) is 0 Å². The Morgan fingerprint density at radius 2 is 2.13 bits per heavy atom. The third kappa shape index (κ3) is 7.90. The van der Waals surface area contributed by atoms with Crippen molar-refractivity contribution in [3.8, 4) is 0 Å². The van der Waals surface area contributed by atoms with Gasteiger partial charge in [0.2, 0.25) is 11.8 Å².